The molecule has 0 aliphatic carbocycles. The van der Waals surface area contributed by atoms with E-state index in [4.69, 9.17) is 9.47 Å². The maximum Gasteiger partial charge on any atom is 0.415 e. The van der Waals surface area contributed by atoms with E-state index < -0.39 is 17.7 Å². The molecule has 0 aliphatic heterocycles. The zero-order valence-corrected chi connectivity index (χ0v) is 19.3. The van der Waals surface area contributed by atoms with Gasteiger partial charge < -0.3 is 18.9 Å². The molecule has 0 unspecified atom stereocenters. The summed E-state index contributed by atoms with van der Waals surface area (Å²) in [6, 6.07) is 16.9. The van der Waals surface area contributed by atoms with E-state index in [1.54, 1.807) is 18.1 Å². The molecule has 0 radical (unpaired) electrons. The molecule has 0 saturated carbocycles. The average Bonchev–Trinajstić information content (AvgIpc) is 3.24. The van der Waals surface area contributed by atoms with Gasteiger partial charge >= 0.3 is 6.09 Å². The van der Waals surface area contributed by atoms with Crippen LogP contribution in [0.4, 0.5) is 13.6 Å². The van der Waals surface area contributed by atoms with Crippen molar-refractivity contribution in [2.24, 2.45) is 0 Å². The predicted octanol–water partition coefficient (Wildman–Crippen LogP) is 6.48. The number of amides is 1. The first-order valence-corrected chi connectivity index (χ1v) is 11.1. The van der Waals surface area contributed by atoms with Gasteiger partial charge in [-0.15, -0.1) is 0 Å². The molecule has 5 nitrogen and oxygen atoms in total. The maximum atomic E-state index is 14.2. The Balaban J connectivity index is 1.84. The molecule has 0 spiro atoms. The number of fused-ring (bicyclic) bond motifs is 1. The summed E-state index contributed by atoms with van der Waals surface area (Å²) in [5.41, 5.74) is 2.79. The molecule has 7 heteroatoms. The molecule has 3 aromatic carbocycles. The van der Waals surface area contributed by atoms with E-state index in [9.17, 15) is 13.6 Å². The van der Waals surface area contributed by atoms with Gasteiger partial charge in [0.25, 0.3) is 0 Å². The van der Waals surface area contributed by atoms with E-state index >= 15 is 0 Å². The SMILES string of the molecule is CCN(CC)C(=O)Oc1ccc2c(ccn2Cc2ccccc2OC)c1-c1ccc(F)c(F)c1. The van der Waals surface area contributed by atoms with Crippen LogP contribution in [-0.4, -0.2) is 35.8 Å². The first kappa shape index (κ1) is 23.3. The Morgan fingerprint density at radius 2 is 1.71 bits per heavy atom. The molecule has 0 N–H and O–H groups in total. The fourth-order valence-corrected chi connectivity index (χ4v) is 4.08. The lowest BCUT2D eigenvalue weighted by atomic mass is 10.00. The van der Waals surface area contributed by atoms with Gasteiger partial charge in [0.2, 0.25) is 0 Å². The summed E-state index contributed by atoms with van der Waals surface area (Å²) >= 11 is 0. The Hall–Kier alpha value is -3.87. The number of methoxy groups -OCH3 is 1. The minimum atomic E-state index is -0.969. The third kappa shape index (κ3) is 4.46. The Morgan fingerprint density at radius 3 is 2.41 bits per heavy atom. The third-order valence-corrected chi connectivity index (χ3v) is 5.88. The molecule has 4 rings (SSSR count). The number of nitrogens with zero attached hydrogens (tertiary/aromatic N) is 2. The van der Waals surface area contributed by atoms with Crippen molar-refractivity contribution in [3.8, 4) is 22.6 Å². The maximum absolute atomic E-state index is 14.2. The number of para-hydroxylation sites is 1. The van der Waals surface area contributed by atoms with Gasteiger partial charge in [-0.2, -0.15) is 0 Å². The van der Waals surface area contributed by atoms with Gasteiger partial charge in [0.1, 0.15) is 11.5 Å². The molecule has 0 fully saturated rings. The number of halogens is 2. The highest BCUT2D eigenvalue weighted by Crippen LogP contribution is 2.39. The van der Waals surface area contributed by atoms with Crippen molar-refractivity contribution in [3.05, 3.63) is 84.1 Å². The van der Waals surface area contributed by atoms with Crippen molar-refractivity contribution in [2.75, 3.05) is 20.2 Å². The summed E-state index contributed by atoms with van der Waals surface area (Å²) in [6.45, 7) is 5.26. The van der Waals surface area contributed by atoms with E-state index in [0.29, 0.717) is 30.8 Å². The molecule has 34 heavy (non-hydrogen) atoms. The number of hydrogen-bond donors (Lipinski definition) is 0. The molecule has 0 saturated heterocycles. The molecular weight excluding hydrogens is 438 g/mol. The number of aromatic nitrogens is 1. The van der Waals surface area contributed by atoms with E-state index in [0.717, 1.165) is 34.3 Å². The Kier molecular flexibility index (Phi) is 6.82. The highest BCUT2D eigenvalue weighted by molar-refractivity contribution is 5.99. The number of benzene rings is 3. The van der Waals surface area contributed by atoms with Gasteiger partial charge in [0, 0.05) is 41.3 Å². The zero-order chi connectivity index (χ0) is 24.2. The van der Waals surface area contributed by atoms with Gasteiger partial charge in [0.15, 0.2) is 11.6 Å². The predicted molar refractivity (Wildman–Crippen MR) is 128 cm³/mol. The molecular formula is C27H26F2N2O3. The van der Waals surface area contributed by atoms with Crippen molar-refractivity contribution in [2.45, 2.75) is 20.4 Å². The number of carbonyl (C=O) groups excluding carboxylic acids is 1. The van der Waals surface area contributed by atoms with Crippen LogP contribution in [-0.2, 0) is 6.54 Å². The Morgan fingerprint density at radius 1 is 0.941 bits per heavy atom. The minimum Gasteiger partial charge on any atom is -0.496 e. The van der Waals surface area contributed by atoms with Crippen molar-refractivity contribution >= 4 is 17.0 Å². The second-order valence-electron chi connectivity index (χ2n) is 7.80. The van der Waals surface area contributed by atoms with Crippen molar-refractivity contribution in [1.82, 2.24) is 9.47 Å². The zero-order valence-electron chi connectivity index (χ0n) is 19.3. The molecule has 0 aliphatic rings. The van der Waals surface area contributed by atoms with Crippen LogP contribution >= 0.6 is 0 Å². The lowest BCUT2D eigenvalue weighted by molar-refractivity contribution is 0.157. The van der Waals surface area contributed by atoms with Crippen LogP contribution in [0.1, 0.15) is 19.4 Å². The van der Waals surface area contributed by atoms with Gasteiger partial charge in [-0.1, -0.05) is 24.3 Å². The largest absolute Gasteiger partial charge is 0.496 e. The van der Waals surface area contributed by atoms with Crippen LogP contribution in [0.2, 0.25) is 0 Å². The third-order valence-electron chi connectivity index (χ3n) is 5.88. The topological polar surface area (TPSA) is 43.7 Å². The summed E-state index contributed by atoms with van der Waals surface area (Å²) in [6.07, 6.45) is 1.41. The standard InChI is InChI=1S/C27H26F2N2O3/c1-4-30(5-2)27(32)34-25-13-12-23-20(26(25)18-10-11-21(28)22(29)16-18)14-15-31(23)17-19-8-6-7-9-24(19)33-3/h6-16H,4-5,17H2,1-3H3. The van der Waals surface area contributed by atoms with Crippen LogP contribution < -0.4 is 9.47 Å². The normalized spacial score (nSPS) is 11.0. The lowest BCUT2D eigenvalue weighted by Gasteiger charge is -2.20. The molecule has 1 aromatic heterocycles. The van der Waals surface area contributed by atoms with E-state index in [-0.39, 0.29) is 5.75 Å². The molecule has 0 atom stereocenters. The molecule has 0 bridgehead atoms. The fourth-order valence-electron chi connectivity index (χ4n) is 4.08. The lowest BCUT2D eigenvalue weighted by Crippen LogP contribution is -2.33. The highest BCUT2D eigenvalue weighted by atomic mass is 19.2. The molecule has 1 heterocycles. The van der Waals surface area contributed by atoms with E-state index in [1.807, 2.05) is 61.0 Å². The van der Waals surface area contributed by atoms with Crippen LogP contribution in [0, 0.1) is 11.6 Å². The number of hydrogen-bond acceptors (Lipinski definition) is 3. The second-order valence-corrected chi connectivity index (χ2v) is 7.80. The van der Waals surface area contributed by atoms with Crippen LogP contribution in [0.15, 0.2) is 66.9 Å². The second kappa shape index (κ2) is 9.95. The van der Waals surface area contributed by atoms with Gasteiger partial charge in [-0.05, 0) is 55.8 Å². The van der Waals surface area contributed by atoms with Crippen molar-refractivity contribution in [1.29, 1.82) is 0 Å². The van der Waals surface area contributed by atoms with E-state index in [2.05, 4.69) is 0 Å². The van der Waals surface area contributed by atoms with Gasteiger partial charge in [0.05, 0.1) is 13.7 Å². The first-order chi connectivity index (χ1) is 16.5. The first-order valence-electron chi connectivity index (χ1n) is 11.1. The van der Waals surface area contributed by atoms with Crippen LogP contribution in [0.5, 0.6) is 11.5 Å². The Bertz CT molecular complexity index is 1330. The summed E-state index contributed by atoms with van der Waals surface area (Å²) in [4.78, 5) is 14.2. The van der Waals surface area contributed by atoms with Crippen molar-refractivity contribution in [3.63, 3.8) is 0 Å². The summed E-state index contributed by atoms with van der Waals surface area (Å²) in [5.74, 6) is -0.851. The quantitative estimate of drug-likeness (QED) is 0.314. The average molecular weight is 465 g/mol. The smallest absolute Gasteiger partial charge is 0.415 e. The Labute approximate surface area is 197 Å². The van der Waals surface area contributed by atoms with Crippen LogP contribution in [0.25, 0.3) is 22.0 Å². The van der Waals surface area contributed by atoms with Crippen LogP contribution in [0.3, 0.4) is 0 Å². The monoisotopic (exact) mass is 464 g/mol. The number of rotatable bonds is 7. The molecule has 4 aromatic rings. The van der Waals surface area contributed by atoms with Crippen molar-refractivity contribution < 1.29 is 23.0 Å². The van der Waals surface area contributed by atoms with Gasteiger partial charge in [-0.25, -0.2) is 13.6 Å². The summed E-state index contributed by atoms with van der Waals surface area (Å²) < 4.78 is 41.1. The highest BCUT2D eigenvalue weighted by Gasteiger charge is 2.20. The summed E-state index contributed by atoms with van der Waals surface area (Å²) in [7, 11) is 1.63. The minimum absolute atomic E-state index is 0.283. The molecule has 1 amide bonds. The number of carbonyl (C=O) groups is 1. The van der Waals surface area contributed by atoms with Gasteiger partial charge in [-0.3, -0.25) is 0 Å². The fraction of sp³-hybridized carbons (Fsp3) is 0.222. The summed E-state index contributed by atoms with van der Waals surface area (Å²) in [5, 5.41) is 0.755. The molecule has 176 valence electrons. The number of ether oxygens (including phenoxy) is 2. The van der Waals surface area contributed by atoms with E-state index in [1.165, 1.54) is 6.07 Å².